The number of nitrogens with zero attached hydrogens (tertiary/aromatic N) is 4. The Bertz CT molecular complexity index is 1210. The molecule has 0 radical (unpaired) electrons. The summed E-state index contributed by atoms with van der Waals surface area (Å²) in [5.74, 6) is -0.106. The standard InChI is InChI=1S/C23H24ClN5O3/c1-13-21-17(7-8-29(13)23(31)16-5-4-6-18(32-3)20(16)24)22(28(2)27-21)15-9-14(10-19(25)30)11-26-12-15/h4-6,9,11-13H,7-8,10H2,1-3H3,(H2,25,30)/t13-/m0/s1. The Labute approximate surface area is 190 Å². The number of aryl methyl sites for hydroxylation is 1. The van der Waals surface area contributed by atoms with E-state index in [0.29, 0.717) is 29.3 Å². The normalized spacial score (nSPS) is 15.4. The highest BCUT2D eigenvalue weighted by Crippen LogP contribution is 2.37. The molecule has 1 aliphatic heterocycles. The number of carbonyl (C=O) groups is 2. The van der Waals surface area contributed by atoms with Gasteiger partial charge in [-0.25, -0.2) is 0 Å². The summed E-state index contributed by atoms with van der Waals surface area (Å²) in [6.07, 6.45) is 4.15. The average Bonchev–Trinajstić information content (AvgIpc) is 3.10. The number of amides is 2. The molecule has 0 saturated carbocycles. The van der Waals surface area contributed by atoms with Crippen molar-refractivity contribution in [1.82, 2.24) is 19.7 Å². The molecular weight excluding hydrogens is 430 g/mol. The number of hydrogen-bond donors (Lipinski definition) is 1. The second-order valence-corrected chi connectivity index (χ2v) is 8.19. The van der Waals surface area contributed by atoms with Crippen LogP contribution < -0.4 is 10.5 Å². The monoisotopic (exact) mass is 453 g/mol. The third kappa shape index (κ3) is 3.82. The Hall–Kier alpha value is -3.39. The van der Waals surface area contributed by atoms with Gasteiger partial charge in [0, 0.05) is 37.1 Å². The molecule has 9 heteroatoms. The summed E-state index contributed by atoms with van der Waals surface area (Å²) in [7, 11) is 3.39. The lowest BCUT2D eigenvalue weighted by atomic mass is 9.95. The van der Waals surface area contributed by atoms with E-state index in [4.69, 9.17) is 27.2 Å². The first kappa shape index (κ1) is 21.8. The van der Waals surface area contributed by atoms with E-state index >= 15 is 0 Å². The molecule has 2 aromatic heterocycles. The molecule has 0 spiro atoms. The third-order valence-electron chi connectivity index (χ3n) is 5.76. The number of pyridine rings is 1. The second kappa shape index (κ2) is 8.63. The Morgan fingerprint density at radius 2 is 2.09 bits per heavy atom. The summed E-state index contributed by atoms with van der Waals surface area (Å²) >= 11 is 6.40. The van der Waals surface area contributed by atoms with Crippen LogP contribution in [0.15, 0.2) is 36.7 Å². The fraction of sp³-hybridized carbons (Fsp3) is 0.304. The van der Waals surface area contributed by atoms with Crippen LogP contribution in [0.4, 0.5) is 0 Å². The van der Waals surface area contributed by atoms with Gasteiger partial charge in [0.15, 0.2) is 0 Å². The minimum atomic E-state index is -0.407. The summed E-state index contributed by atoms with van der Waals surface area (Å²) < 4.78 is 7.06. The predicted molar refractivity (Wildman–Crippen MR) is 120 cm³/mol. The Balaban J connectivity index is 1.68. The van der Waals surface area contributed by atoms with Gasteiger partial charge in [-0.05, 0) is 37.1 Å². The number of fused-ring (bicyclic) bond motifs is 1. The molecule has 0 saturated heterocycles. The molecule has 8 nitrogen and oxygen atoms in total. The van der Waals surface area contributed by atoms with Gasteiger partial charge >= 0.3 is 0 Å². The van der Waals surface area contributed by atoms with Gasteiger partial charge in [-0.15, -0.1) is 0 Å². The van der Waals surface area contributed by atoms with Crippen LogP contribution in [-0.4, -0.2) is 45.1 Å². The molecule has 0 bridgehead atoms. The summed E-state index contributed by atoms with van der Waals surface area (Å²) in [6.45, 7) is 2.48. The highest BCUT2D eigenvalue weighted by molar-refractivity contribution is 6.35. The van der Waals surface area contributed by atoms with Crippen molar-refractivity contribution in [2.45, 2.75) is 25.8 Å². The van der Waals surface area contributed by atoms with E-state index < -0.39 is 5.91 Å². The lowest BCUT2D eigenvalue weighted by Crippen LogP contribution is -2.39. The molecule has 0 aliphatic carbocycles. The Morgan fingerprint density at radius 1 is 1.31 bits per heavy atom. The van der Waals surface area contributed by atoms with E-state index in [-0.39, 0.29) is 18.4 Å². The zero-order valence-corrected chi connectivity index (χ0v) is 18.9. The molecule has 1 aromatic carbocycles. The van der Waals surface area contributed by atoms with Crippen molar-refractivity contribution in [1.29, 1.82) is 0 Å². The molecule has 1 aliphatic rings. The highest BCUT2D eigenvalue weighted by Gasteiger charge is 2.34. The minimum absolute atomic E-state index is 0.126. The molecular formula is C23H24ClN5O3. The third-order valence-corrected chi connectivity index (χ3v) is 6.15. The van der Waals surface area contributed by atoms with Crippen molar-refractivity contribution >= 4 is 23.4 Å². The topological polar surface area (TPSA) is 103 Å². The number of primary amides is 1. The Morgan fingerprint density at radius 3 is 2.81 bits per heavy atom. The molecule has 2 amide bonds. The fourth-order valence-corrected chi connectivity index (χ4v) is 4.57. The second-order valence-electron chi connectivity index (χ2n) is 7.81. The summed E-state index contributed by atoms with van der Waals surface area (Å²) in [6, 6.07) is 6.85. The smallest absolute Gasteiger partial charge is 0.256 e. The number of ether oxygens (including phenoxy) is 1. The first-order chi connectivity index (χ1) is 15.3. The fourth-order valence-electron chi connectivity index (χ4n) is 4.29. The average molecular weight is 454 g/mol. The van der Waals surface area contributed by atoms with Gasteiger partial charge in [0.2, 0.25) is 5.91 Å². The van der Waals surface area contributed by atoms with E-state index in [1.54, 1.807) is 40.2 Å². The summed E-state index contributed by atoms with van der Waals surface area (Å²) in [5.41, 5.74) is 10.2. The van der Waals surface area contributed by atoms with Crippen LogP contribution in [0, 0.1) is 0 Å². The van der Waals surface area contributed by atoms with Crippen LogP contribution in [0.2, 0.25) is 5.02 Å². The van der Waals surface area contributed by atoms with Crippen LogP contribution >= 0.6 is 11.6 Å². The predicted octanol–water partition coefficient (Wildman–Crippen LogP) is 2.93. The largest absolute Gasteiger partial charge is 0.495 e. The highest BCUT2D eigenvalue weighted by atomic mass is 35.5. The molecule has 4 rings (SSSR count). The van der Waals surface area contributed by atoms with Gasteiger partial charge < -0.3 is 15.4 Å². The van der Waals surface area contributed by atoms with Gasteiger partial charge in [-0.2, -0.15) is 5.10 Å². The maximum absolute atomic E-state index is 13.3. The zero-order chi connectivity index (χ0) is 23.0. The Kier molecular flexibility index (Phi) is 5.88. The number of halogens is 1. The molecule has 3 aromatic rings. The van der Waals surface area contributed by atoms with Crippen molar-refractivity contribution in [3.05, 3.63) is 64.1 Å². The van der Waals surface area contributed by atoms with E-state index in [2.05, 4.69) is 4.98 Å². The van der Waals surface area contributed by atoms with Crippen molar-refractivity contribution in [2.24, 2.45) is 12.8 Å². The van der Waals surface area contributed by atoms with Crippen molar-refractivity contribution < 1.29 is 14.3 Å². The van der Waals surface area contributed by atoms with Crippen molar-refractivity contribution in [3.63, 3.8) is 0 Å². The van der Waals surface area contributed by atoms with Gasteiger partial charge in [-0.3, -0.25) is 19.3 Å². The number of methoxy groups -OCH3 is 1. The number of nitrogens with two attached hydrogens (primary N) is 1. The van der Waals surface area contributed by atoms with Gasteiger partial charge in [0.25, 0.3) is 5.91 Å². The van der Waals surface area contributed by atoms with E-state index in [9.17, 15) is 9.59 Å². The number of carbonyl (C=O) groups excluding carboxylic acids is 2. The number of hydrogen-bond acceptors (Lipinski definition) is 5. The maximum atomic E-state index is 13.3. The molecule has 166 valence electrons. The first-order valence-corrected chi connectivity index (χ1v) is 10.6. The van der Waals surface area contributed by atoms with Gasteiger partial charge in [0.1, 0.15) is 5.75 Å². The molecule has 0 fully saturated rings. The van der Waals surface area contributed by atoms with Gasteiger partial charge in [-0.1, -0.05) is 17.7 Å². The van der Waals surface area contributed by atoms with E-state index in [0.717, 1.165) is 28.1 Å². The van der Waals surface area contributed by atoms with Gasteiger partial charge in [0.05, 0.1) is 41.5 Å². The van der Waals surface area contributed by atoms with Crippen LogP contribution in [0.1, 0.15) is 40.1 Å². The van der Waals surface area contributed by atoms with E-state index in [1.807, 2.05) is 20.0 Å². The number of aromatic nitrogens is 3. The first-order valence-electron chi connectivity index (χ1n) is 10.2. The summed E-state index contributed by atoms with van der Waals surface area (Å²) in [5, 5.41) is 5.03. The van der Waals surface area contributed by atoms with Crippen LogP contribution in [-0.2, 0) is 24.7 Å². The quantitative estimate of drug-likeness (QED) is 0.639. The minimum Gasteiger partial charge on any atom is -0.495 e. The SMILES string of the molecule is COc1cccc(C(=O)N2CCc3c(nn(C)c3-c3cncc(CC(N)=O)c3)[C@@H]2C)c1Cl. The molecule has 2 N–H and O–H groups in total. The van der Waals surface area contributed by atoms with Crippen LogP contribution in [0.25, 0.3) is 11.3 Å². The van der Waals surface area contributed by atoms with Crippen molar-refractivity contribution in [2.75, 3.05) is 13.7 Å². The van der Waals surface area contributed by atoms with E-state index in [1.165, 1.54) is 7.11 Å². The lowest BCUT2D eigenvalue weighted by molar-refractivity contribution is -0.117. The van der Waals surface area contributed by atoms with Crippen LogP contribution in [0.5, 0.6) is 5.75 Å². The summed E-state index contributed by atoms with van der Waals surface area (Å²) in [4.78, 5) is 30.7. The number of rotatable bonds is 5. The van der Waals surface area contributed by atoms with Crippen LogP contribution in [0.3, 0.4) is 0 Å². The molecule has 3 heterocycles. The van der Waals surface area contributed by atoms with Crippen molar-refractivity contribution in [3.8, 4) is 17.0 Å². The lowest BCUT2D eigenvalue weighted by Gasteiger charge is -2.33. The molecule has 0 unspecified atom stereocenters. The zero-order valence-electron chi connectivity index (χ0n) is 18.1. The maximum Gasteiger partial charge on any atom is 0.256 e. The number of benzene rings is 1. The molecule has 32 heavy (non-hydrogen) atoms. The molecule has 1 atom stereocenters.